The molecule has 2 aromatic carbocycles. The van der Waals surface area contributed by atoms with Crippen LogP contribution in [0.1, 0.15) is 22.4 Å². The second-order valence-electron chi connectivity index (χ2n) is 6.70. The number of nitrogens with zero attached hydrogens (tertiary/aromatic N) is 3. The molecule has 1 amide bonds. The largest absolute Gasteiger partial charge is 0.318 e. The minimum atomic E-state index is -0.205. The van der Waals surface area contributed by atoms with Gasteiger partial charge in [-0.1, -0.05) is 53.8 Å². The van der Waals surface area contributed by atoms with Crippen molar-refractivity contribution in [2.24, 2.45) is 0 Å². The average Bonchev–Trinajstić information content (AvgIpc) is 3.31. The molecular formula is C22H20N4O2S2. The zero-order valence-electron chi connectivity index (χ0n) is 16.6. The number of nitrogens with one attached hydrogen (secondary N) is 1. The second-order valence-corrected chi connectivity index (χ2v) is 8.57. The predicted molar refractivity (Wildman–Crippen MR) is 123 cm³/mol. The third-order valence-electron chi connectivity index (χ3n) is 4.55. The summed E-state index contributed by atoms with van der Waals surface area (Å²) in [6, 6.07) is 17.3. The van der Waals surface area contributed by atoms with Gasteiger partial charge in [0.2, 0.25) is 5.91 Å². The number of ketones is 1. The Labute approximate surface area is 182 Å². The highest BCUT2D eigenvalue weighted by atomic mass is 32.2. The normalized spacial score (nSPS) is 11.0. The van der Waals surface area contributed by atoms with Crippen molar-refractivity contribution in [3.63, 3.8) is 0 Å². The smallest absolute Gasteiger partial charge is 0.246 e. The molecule has 0 unspecified atom stereocenters. The fourth-order valence-electron chi connectivity index (χ4n) is 3.25. The Bertz CT molecular complexity index is 1210. The molecule has 6 nitrogen and oxygen atoms in total. The highest BCUT2D eigenvalue weighted by molar-refractivity contribution is 7.97. The molecule has 4 rings (SSSR count). The van der Waals surface area contributed by atoms with Gasteiger partial charge in [0, 0.05) is 12.5 Å². The molecule has 0 aliphatic carbocycles. The SMILES string of the molecule is CSCc1nc2ccccc2n1CC(=O)Nc1nc(-c2ccccc2)c(C(C)=O)s1. The van der Waals surface area contributed by atoms with Gasteiger partial charge in [0.1, 0.15) is 12.4 Å². The van der Waals surface area contributed by atoms with Crippen LogP contribution in [0.3, 0.4) is 0 Å². The Morgan fingerprint density at radius 3 is 2.53 bits per heavy atom. The number of Topliss-reactive ketones (excluding diaryl/α,β-unsaturated/α-hetero) is 1. The third kappa shape index (κ3) is 4.15. The monoisotopic (exact) mass is 436 g/mol. The Kier molecular flexibility index (Phi) is 5.96. The first-order valence-electron chi connectivity index (χ1n) is 9.37. The Morgan fingerprint density at radius 2 is 1.80 bits per heavy atom. The van der Waals surface area contributed by atoms with Crippen molar-refractivity contribution in [3.05, 3.63) is 65.3 Å². The average molecular weight is 437 g/mol. The van der Waals surface area contributed by atoms with E-state index in [1.54, 1.807) is 11.8 Å². The highest BCUT2D eigenvalue weighted by Gasteiger charge is 2.19. The van der Waals surface area contributed by atoms with Gasteiger partial charge in [-0.25, -0.2) is 9.97 Å². The summed E-state index contributed by atoms with van der Waals surface area (Å²) >= 11 is 2.86. The van der Waals surface area contributed by atoms with Gasteiger partial charge < -0.3 is 9.88 Å². The number of imidazole rings is 1. The molecule has 0 aliphatic heterocycles. The van der Waals surface area contributed by atoms with Crippen LogP contribution in [0, 0.1) is 0 Å². The minimum absolute atomic E-state index is 0.0743. The van der Waals surface area contributed by atoms with Gasteiger partial charge in [-0.2, -0.15) is 11.8 Å². The lowest BCUT2D eigenvalue weighted by molar-refractivity contribution is -0.116. The zero-order chi connectivity index (χ0) is 21.1. The summed E-state index contributed by atoms with van der Waals surface area (Å²) in [5.41, 5.74) is 3.24. The van der Waals surface area contributed by atoms with Crippen LogP contribution in [0.2, 0.25) is 0 Å². The quantitative estimate of drug-likeness (QED) is 0.419. The molecule has 1 N–H and O–H groups in total. The summed E-state index contributed by atoms with van der Waals surface area (Å²) in [5, 5.41) is 3.28. The molecule has 0 saturated carbocycles. The Morgan fingerprint density at radius 1 is 1.07 bits per heavy atom. The van der Waals surface area contributed by atoms with Crippen molar-refractivity contribution < 1.29 is 9.59 Å². The van der Waals surface area contributed by atoms with Crippen LogP contribution in [0.15, 0.2) is 54.6 Å². The molecule has 4 aromatic rings. The summed E-state index contributed by atoms with van der Waals surface area (Å²) in [6.45, 7) is 1.64. The fraction of sp³-hybridized carbons (Fsp3) is 0.182. The first kappa shape index (κ1) is 20.3. The van der Waals surface area contributed by atoms with E-state index in [2.05, 4.69) is 15.3 Å². The van der Waals surface area contributed by atoms with Gasteiger partial charge in [-0.05, 0) is 18.4 Å². The van der Waals surface area contributed by atoms with E-state index in [4.69, 9.17) is 0 Å². The van der Waals surface area contributed by atoms with E-state index >= 15 is 0 Å². The van der Waals surface area contributed by atoms with Gasteiger partial charge in [0.25, 0.3) is 0 Å². The summed E-state index contributed by atoms with van der Waals surface area (Å²) in [4.78, 5) is 34.6. The first-order valence-corrected chi connectivity index (χ1v) is 11.6. The van der Waals surface area contributed by atoms with Gasteiger partial charge in [0.15, 0.2) is 10.9 Å². The van der Waals surface area contributed by atoms with Crippen LogP contribution in [-0.4, -0.2) is 32.5 Å². The maximum absolute atomic E-state index is 12.8. The Balaban J connectivity index is 1.60. The molecule has 152 valence electrons. The third-order valence-corrected chi connectivity index (χ3v) is 6.17. The van der Waals surface area contributed by atoms with E-state index in [1.807, 2.05) is 65.4 Å². The van der Waals surface area contributed by atoms with Gasteiger partial charge in [-0.3, -0.25) is 9.59 Å². The lowest BCUT2D eigenvalue weighted by Gasteiger charge is -2.08. The number of rotatable bonds is 7. The maximum atomic E-state index is 12.8. The number of benzene rings is 2. The Hall–Kier alpha value is -2.97. The van der Waals surface area contributed by atoms with Crippen molar-refractivity contribution in [1.82, 2.24) is 14.5 Å². The standard InChI is InChI=1S/C22H20N4O2S2/c1-14(27)21-20(15-8-4-3-5-9-15)25-22(30-21)24-19(28)12-26-17-11-7-6-10-16(17)23-18(26)13-29-2/h3-11H,12-13H2,1-2H3,(H,24,25,28). The van der Waals surface area contributed by atoms with Crippen molar-refractivity contribution >= 4 is 51.0 Å². The van der Waals surface area contributed by atoms with Gasteiger partial charge >= 0.3 is 0 Å². The van der Waals surface area contributed by atoms with Crippen LogP contribution >= 0.6 is 23.1 Å². The highest BCUT2D eigenvalue weighted by Crippen LogP contribution is 2.31. The van der Waals surface area contributed by atoms with E-state index in [1.165, 1.54) is 18.3 Å². The minimum Gasteiger partial charge on any atom is -0.318 e. The molecule has 0 bridgehead atoms. The molecule has 0 fully saturated rings. The van der Waals surface area contributed by atoms with Crippen LogP contribution < -0.4 is 5.32 Å². The number of anilines is 1. The first-order chi connectivity index (χ1) is 14.6. The molecule has 0 spiro atoms. The molecule has 2 aromatic heterocycles. The summed E-state index contributed by atoms with van der Waals surface area (Å²) < 4.78 is 1.93. The molecule has 8 heteroatoms. The number of fused-ring (bicyclic) bond motifs is 1. The molecule has 0 saturated heterocycles. The molecule has 0 aliphatic rings. The van der Waals surface area contributed by atoms with E-state index in [-0.39, 0.29) is 18.2 Å². The van der Waals surface area contributed by atoms with E-state index < -0.39 is 0 Å². The molecule has 2 heterocycles. The summed E-state index contributed by atoms with van der Waals surface area (Å²) in [7, 11) is 0. The predicted octanol–water partition coefficient (Wildman–Crippen LogP) is 4.86. The van der Waals surface area contributed by atoms with E-state index in [9.17, 15) is 9.59 Å². The number of hydrogen-bond donors (Lipinski definition) is 1. The molecule has 30 heavy (non-hydrogen) atoms. The number of carbonyl (C=O) groups excluding carboxylic acids is 2. The zero-order valence-corrected chi connectivity index (χ0v) is 18.2. The maximum Gasteiger partial charge on any atom is 0.246 e. The van der Waals surface area contributed by atoms with Crippen LogP contribution in [0.5, 0.6) is 0 Å². The number of carbonyl (C=O) groups is 2. The fourth-order valence-corrected chi connectivity index (χ4v) is 4.63. The number of hydrogen-bond acceptors (Lipinski definition) is 6. The lowest BCUT2D eigenvalue weighted by atomic mass is 10.1. The van der Waals surface area contributed by atoms with Crippen molar-refractivity contribution in [2.45, 2.75) is 19.2 Å². The number of thiazole rings is 1. The second kappa shape index (κ2) is 8.81. The van der Waals surface area contributed by atoms with Gasteiger partial charge in [0.05, 0.1) is 27.4 Å². The number of aromatic nitrogens is 3. The number of thioether (sulfide) groups is 1. The van der Waals surface area contributed by atoms with Crippen LogP contribution in [0.4, 0.5) is 5.13 Å². The lowest BCUT2D eigenvalue weighted by Crippen LogP contribution is -2.20. The van der Waals surface area contributed by atoms with Gasteiger partial charge in [-0.15, -0.1) is 0 Å². The molecule has 0 radical (unpaired) electrons. The van der Waals surface area contributed by atoms with Crippen LogP contribution in [-0.2, 0) is 17.1 Å². The topological polar surface area (TPSA) is 76.9 Å². The van der Waals surface area contributed by atoms with Crippen molar-refractivity contribution in [3.8, 4) is 11.3 Å². The summed E-state index contributed by atoms with van der Waals surface area (Å²) in [5.74, 6) is 1.29. The van der Waals surface area contributed by atoms with E-state index in [0.29, 0.717) is 21.5 Å². The molecule has 0 atom stereocenters. The van der Waals surface area contributed by atoms with Crippen molar-refractivity contribution in [2.75, 3.05) is 11.6 Å². The molecular weight excluding hydrogens is 416 g/mol. The van der Waals surface area contributed by atoms with Crippen molar-refractivity contribution in [1.29, 1.82) is 0 Å². The number of para-hydroxylation sites is 2. The van der Waals surface area contributed by atoms with E-state index in [0.717, 1.165) is 22.4 Å². The van der Waals surface area contributed by atoms with Crippen LogP contribution in [0.25, 0.3) is 22.3 Å². The number of amides is 1. The summed E-state index contributed by atoms with van der Waals surface area (Å²) in [6.07, 6.45) is 2.01.